The van der Waals surface area contributed by atoms with Gasteiger partial charge in [0.25, 0.3) is 0 Å². The van der Waals surface area contributed by atoms with E-state index in [4.69, 9.17) is 4.52 Å². The maximum absolute atomic E-state index is 13.3. The minimum atomic E-state index is -1.23. The Morgan fingerprint density at radius 1 is 1.42 bits per heavy atom. The van der Waals surface area contributed by atoms with Crippen LogP contribution >= 0.6 is 0 Å². The van der Waals surface area contributed by atoms with Crippen LogP contribution in [-0.2, 0) is 6.54 Å². The number of aryl methyl sites for hydroxylation is 1. The topological polar surface area (TPSA) is 81.2 Å². The van der Waals surface area contributed by atoms with Gasteiger partial charge in [0.1, 0.15) is 11.5 Å². The molecule has 0 aliphatic carbocycles. The number of rotatable bonds is 4. The number of hydrogen-bond donors (Lipinski definition) is 1. The molecule has 0 bridgehead atoms. The SMILES string of the molecule is Cc1cc(CNc2cc(F)cc(F)c2[N+](=O)[O-])on1. The zero-order valence-electron chi connectivity index (χ0n) is 9.81. The molecule has 0 spiro atoms. The number of nitro benzene ring substituents is 1. The van der Waals surface area contributed by atoms with Gasteiger partial charge in [-0.25, -0.2) is 4.39 Å². The summed E-state index contributed by atoms with van der Waals surface area (Å²) in [7, 11) is 0. The average Bonchev–Trinajstić information content (AvgIpc) is 2.71. The second kappa shape index (κ2) is 5.01. The molecule has 1 N–H and O–H groups in total. The van der Waals surface area contributed by atoms with E-state index >= 15 is 0 Å². The van der Waals surface area contributed by atoms with E-state index in [0.29, 0.717) is 17.5 Å². The Balaban J connectivity index is 2.26. The predicted octanol–water partition coefficient (Wildman–Crippen LogP) is 2.78. The van der Waals surface area contributed by atoms with E-state index in [1.54, 1.807) is 13.0 Å². The molecule has 0 aliphatic rings. The number of nitro groups is 1. The molecule has 0 saturated carbocycles. The highest BCUT2D eigenvalue weighted by molar-refractivity contribution is 5.62. The van der Waals surface area contributed by atoms with Gasteiger partial charge in [-0.2, -0.15) is 4.39 Å². The molecular weight excluding hydrogens is 260 g/mol. The molecule has 1 aromatic carbocycles. The molecule has 0 fully saturated rings. The van der Waals surface area contributed by atoms with Crippen molar-refractivity contribution in [2.24, 2.45) is 0 Å². The van der Waals surface area contributed by atoms with Crippen LogP contribution in [0.25, 0.3) is 0 Å². The molecule has 0 atom stereocenters. The van der Waals surface area contributed by atoms with Crippen molar-refractivity contribution < 1.29 is 18.2 Å². The minimum Gasteiger partial charge on any atom is -0.372 e. The second-order valence-corrected chi connectivity index (χ2v) is 3.83. The molecule has 2 rings (SSSR count). The van der Waals surface area contributed by atoms with Crippen LogP contribution in [0, 0.1) is 28.7 Å². The molecule has 0 aliphatic heterocycles. The van der Waals surface area contributed by atoms with Gasteiger partial charge in [0.2, 0.25) is 5.82 Å². The lowest BCUT2D eigenvalue weighted by Gasteiger charge is -2.05. The van der Waals surface area contributed by atoms with E-state index in [2.05, 4.69) is 10.5 Å². The van der Waals surface area contributed by atoms with Crippen LogP contribution < -0.4 is 5.32 Å². The summed E-state index contributed by atoms with van der Waals surface area (Å²) < 4.78 is 31.3. The Bertz CT molecular complexity index is 628. The Morgan fingerprint density at radius 2 is 2.16 bits per heavy atom. The first-order valence-corrected chi connectivity index (χ1v) is 5.27. The van der Waals surface area contributed by atoms with Gasteiger partial charge in [-0.05, 0) is 6.92 Å². The maximum atomic E-state index is 13.3. The number of halogens is 2. The molecule has 19 heavy (non-hydrogen) atoms. The number of nitrogens with one attached hydrogen (secondary N) is 1. The number of aromatic nitrogens is 1. The maximum Gasteiger partial charge on any atom is 0.327 e. The lowest BCUT2D eigenvalue weighted by Crippen LogP contribution is -2.04. The summed E-state index contributed by atoms with van der Waals surface area (Å²) in [5, 5.41) is 16.9. The van der Waals surface area contributed by atoms with E-state index in [-0.39, 0.29) is 12.2 Å². The largest absolute Gasteiger partial charge is 0.372 e. The summed E-state index contributed by atoms with van der Waals surface area (Å²) in [5.41, 5.74) is -0.425. The van der Waals surface area contributed by atoms with Gasteiger partial charge in [0, 0.05) is 18.2 Å². The molecule has 0 unspecified atom stereocenters. The number of anilines is 1. The Hall–Kier alpha value is -2.51. The fourth-order valence-corrected chi connectivity index (χ4v) is 1.57. The van der Waals surface area contributed by atoms with Crippen LogP contribution in [0.4, 0.5) is 20.2 Å². The van der Waals surface area contributed by atoms with Crippen molar-refractivity contribution in [3.05, 3.63) is 51.4 Å². The van der Waals surface area contributed by atoms with E-state index in [0.717, 1.165) is 6.07 Å². The Kier molecular flexibility index (Phi) is 3.41. The van der Waals surface area contributed by atoms with Crippen molar-refractivity contribution in [3.63, 3.8) is 0 Å². The van der Waals surface area contributed by atoms with Crippen molar-refractivity contribution in [3.8, 4) is 0 Å². The number of benzene rings is 1. The molecule has 2 aromatic rings. The van der Waals surface area contributed by atoms with E-state index in [9.17, 15) is 18.9 Å². The molecule has 1 heterocycles. The summed E-state index contributed by atoms with van der Waals surface area (Å²) in [4.78, 5) is 9.82. The molecule has 100 valence electrons. The summed E-state index contributed by atoms with van der Waals surface area (Å²) >= 11 is 0. The molecule has 0 radical (unpaired) electrons. The fraction of sp³-hybridized carbons (Fsp3) is 0.182. The minimum absolute atomic E-state index is 0.0323. The van der Waals surface area contributed by atoms with Crippen LogP contribution in [-0.4, -0.2) is 10.1 Å². The van der Waals surface area contributed by atoms with Gasteiger partial charge in [-0.3, -0.25) is 10.1 Å². The van der Waals surface area contributed by atoms with Gasteiger partial charge in [0.05, 0.1) is 17.2 Å². The van der Waals surface area contributed by atoms with Gasteiger partial charge >= 0.3 is 5.69 Å². The molecule has 0 saturated heterocycles. The molecule has 8 heteroatoms. The highest BCUT2D eigenvalue weighted by Gasteiger charge is 2.22. The number of hydrogen-bond acceptors (Lipinski definition) is 5. The first-order chi connectivity index (χ1) is 8.97. The van der Waals surface area contributed by atoms with Crippen molar-refractivity contribution in [1.29, 1.82) is 0 Å². The van der Waals surface area contributed by atoms with Crippen LogP contribution in [0.2, 0.25) is 0 Å². The fourth-order valence-electron chi connectivity index (χ4n) is 1.57. The summed E-state index contributed by atoms with van der Waals surface area (Å²) in [6, 6.07) is 2.92. The van der Waals surface area contributed by atoms with Gasteiger partial charge < -0.3 is 9.84 Å². The third-order valence-electron chi connectivity index (χ3n) is 2.34. The third kappa shape index (κ3) is 2.84. The standard InChI is InChI=1S/C11H9F2N3O3/c1-6-2-8(19-15-6)5-14-10-4-7(12)3-9(13)11(10)16(17)18/h2-4,14H,5H2,1H3. The smallest absolute Gasteiger partial charge is 0.327 e. The van der Waals surface area contributed by atoms with Crippen molar-refractivity contribution in [1.82, 2.24) is 5.16 Å². The van der Waals surface area contributed by atoms with Crippen molar-refractivity contribution in [2.45, 2.75) is 13.5 Å². The molecule has 0 amide bonds. The normalized spacial score (nSPS) is 10.5. The lowest BCUT2D eigenvalue weighted by atomic mass is 10.2. The first-order valence-electron chi connectivity index (χ1n) is 5.27. The van der Waals surface area contributed by atoms with Gasteiger partial charge in [-0.1, -0.05) is 5.16 Å². The second-order valence-electron chi connectivity index (χ2n) is 3.83. The highest BCUT2D eigenvalue weighted by atomic mass is 19.1. The molecular formula is C11H9F2N3O3. The quantitative estimate of drug-likeness (QED) is 0.681. The molecule has 1 aromatic heterocycles. The monoisotopic (exact) mass is 269 g/mol. The summed E-state index contributed by atoms with van der Waals surface area (Å²) in [5.74, 6) is -1.74. The van der Waals surface area contributed by atoms with E-state index < -0.39 is 22.2 Å². The highest BCUT2D eigenvalue weighted by Crippen LogP contribution is 2.29. The van der Waals surface area contributed by atoms with Crippen LogP contribution in [0.3, 0.4) is 0 Å². The van der Waals surface area contributed by atoms with Crippen LogP contribution in [0.15, 0.2) is 22.7 Å². The van der Waals surface area contributed by atoms with Gasteiger partial charge in [-0.15, -0.1) is 0 Å². The first kappa shape index (κ1) is 12.9. The van der Waals surface area contributed by atoms with Crippen LogP contribution in [0.5, 0.6) is 0 Å². The molecule has 6 nitrogen and oxygen atoms in total. The zero-order chi connectivity index (χ0) is 14.0. The van der Waals surface area contributed by atoms with Crippen molar-refractivity contribution >= 4 is 11.4 Å². The van der Waals surface area contributed by atoms with Crippen molar-refractivity contribution in [2.75, 3.05) is 5.32 Å². The lowest BCUT2D eigenvalue weighted by molar-refractivity contribution is -0.386. The predicted molar refractivity (Wildman–Crippen MR) is 61.6 cm³/mol. The average molecular weight is 269 g/mol. The van der Waals surface area contributed by atoms with Crippen LogP contribution in [0.1, 0.15) is 11.5 Å². The summed E-state index contributed by atoms with van der Waals surface area (Å²) in [6.45, 7) is 1.74. The number of nitrogens with zero attached hydrogens (tertiary/aromatic N) is 2. The zero-order valence-corrected chi connectivity index (χ0v) is 9.81. The third-order valence-corrected chi connectivity index (χ3v) is 2.34. The van der Waals surface area contributed by atoms with E-state index in [1.807, 2.05) is 0 Å². The van der Waals surface area contributed by atoms with Gasteiger partial charge in [0.15, 0.2) is 5.76 Å². The summed E-state index contributed by atoms with van der Waals surface area (Å²) in [6.07, 6.45) is 0. The Morgan fingerprint density at radius 3 is 2.74 bits per heavy atom. The Labute approximate surface area is 106 Å². The van der Waals surface area contributed by atoms with E-state index in [1.165, 1.54) is 0 Å².